The highest BCUT2D eigenvalue weighted by Gasteiger charge is 2.28. The second-order valence-electron chi connectivity index (χ2n) is 8.15. The molecule has 7 nitrogen and oxygen atoms in total. The summed E-state index contributed by atoms with van der Waals surface area (Å²) in [7, 11) is 0. The van der Waals surface area contributed by atoms with Gasteiger partial charge < -0.3 is 15.6 Å². The number of aliphatic carboxylic acids is 1. The van der Waals surface area contributed by atoms with Crippen molar-refractivity contribution in [2.24, 2.45) is 17.6 Å². The third kappa shape index (κ3) is 8.23. The molecule has 0 aliphatic rings. The van der Waals surface area contributed by atoms with Crippen molar-refractivity contribution in [3.05, 3.63) is 65.5 Å². The second-order valence-corrected chi connectivity index (χ2v) is 8.15. The molecule has 2 aromatic rings. The molecule has 0 aliphatic heterocycles. The molecule has 0 saturated carbocycles. The second kappa shape index (κ2) is 12.7. The van der Waals surface area contributed by atoms with Gasteiger partial charge in [0.05, 0.1) is 11.8 Å². The molecule has 3 N–H and O–H groups in total. The zero-order chi connectivity index (χ0) is 23.5. The predicted molar refractivity (Wildman–Crippen MR) is 121 cm³/mol. The Hall–Kier alpha value is -3.06. The Morgan fingerprint density at radius 3 is 2.25 bits per heavy atom. The molecular weight excluding hydrogens is 408 g/mol. The van der Waals surface area contributed by atoms with E-state index in [-0.39, 0.29) is 12.8 Å². The average Bonchev–Trinajstić information content (AvgIpc) is 2.78. The third-order valence-electron chi connectivity index (χ3n) is 5.39. The fourth-order valence-electron chi connectivity index (χ4n) is 3.47. The van der Waals surface area contributed by atoms with E-state index in [1.54, 1.807) is 31.3 Å². The van der Waals surface area contributed by atoms with E-state index in [2.05, 4.69) is 24.0 Å². The van der Waals surface area contributed by atoms with Crippen molar-refractivity contribution in [2.75, 3.05) is 0 Å². The number of aryl methyl sites for hydroxylation is 2. The van der Waals surface area contributed by atoms with Crippen LogP contribution in [0.3, 0.4) is 0 Å². The maximum atomic E-state index is 12.3. The molecule has 1 aromatic heterocycles. The van der Waals surface area contributed by atoms with E-state index in [4.69, 9.17) is 10.5 Å². The van der Waals surface area contributed by atoms with Gasteiger partial charge in [0.15, 0.2) is 0 Å². The van der Waals surface area contributed by atoms with Crippen molar-refractivity contribution in [1.29, 1.82) is 0 Å². The third-order valence-corrected chi connectivity index (χ3v) is 5.39. The van der Waals surface area contributed by atoms with Crippen LogP contribution < -0.4 is 5.73 Å². The molecule has 0 saturated heterocycles. The molecule has 1 aromatic carbocycles. The molecule has 7 heteroatoms. The number of pyridine rings is 1. The fourth-order valence-corrected chi connectivity index (χ4v) is 3.47. The van der Waals surface area contributed by atoms with Crippen molar-refractivity contribution >= 4 is 17.9 Å². The summed E-state index contributed by atoms with van der Waals surface area (Å²) in [4.78, 5) is 40.3. The van der Waals surface area contributed by atoms with Gasteiger partial charge in [-0.1, -0.05) is 50.6 Å². The van der Waals surface area contributed by atoms with Crippen molar-refractivity contribution in [3.8, 4) is 0 Å². The molecule has 1 heterocycles. The number of hydrogen-bond donors (Lipinski definition) is 2. The van der Waals surface area contributed by atoms with Crippen LogP contribution in [-0.4, -0.2) is 34.0 Å². The number of ether oxygens (including phenoxy) is 1. The molecule has 3 atom stereocenters. The van der Waals surface area contributed by atoms with E-state index < -0.39 is 35.8 Å². The number of nitrogens with two attached hydrogens (primary N) is 1. The Balaban J connectivity index is 1.85. The molecule has 2 unspecified atom stereocenters. The monoisotopic (exact) mass is 440 g/mol. The van der Waals surface area contributed by atoms with Crippen molar-refractivity contribution < 1.29 is 24.2 Å². The fraction of sp³-hybridized carbons (Fsp3) is 0.440. The van der Waals surface area contributed by atoms with Crippen LogP contribution in [0, 0.1) is 11.8 Å². The lowest BCUT2D eigenvalue weighted by Gasteiger charge is -2.17. The number of nitrogens with zero attached hydrogens (tertiary/aromatic N) is 1. The molecule has 32 heavy (non-hydrogen) atoms. The van der Waals surface area contributed by atoms with Gasteiger partial charge in [-0.3, -0.25) is 14.6 Å². The number of carbonyl (C=O) groups excluding carboxylic acids is 2. The molecule has 0 spiro atoms. The first kappa shape index (κ1) is 25.2. The average molecular weight is 441 g/mol. The summed E-state index contributed by atoms with van der Waals surface area (Å²) < 4.78 is 4.90. The van der Waals surface area contributed by atoms with Gasteiger partial charge in [0, 0.05) is 18.3 Å². The Morgan fingerprint density at radius 1 is 1.03 bits per heavy atom. The van der Waals surface area contributed by atoms with E-state index >= 15 is 0 Å². The summed E-state index contributed by atoms with van der Waals surface area (Å²) in [5.74, 6) is -4.03. The number of benzene rings is 1. The van der Waals surface area contributed by atoms with Gasteiger partial charge >= 0.3 is 17.9 Å². The first-order chi connectivity index (χ1) is 15.3. The summed E-state index contributed by atoms with van der Waals surface area (Å²) >= 11 is 0. The molecule has 0 bridgehead atoms. The number of esters is 2. The number of carboxylic acids is 1. The Labute approximate surface area is 189 Å². The van der Waals surface area contributed by atoms with Crippen LogP contribution in [0.2, 0.25) is 0 Å². The van der Waals surface area contributed by atoms with Gasteiger partial charge in [0.25, 0.3) is 0 Å². The Kier molecular flexibility index (Phi) is 10.0. The van der Waals surface area contributed by atoms with Crippen LogP contribution >= 0.6 is 0 Å². The summed E-state index contributed by atoms with van der Waals surface area (Å²) in [5.41, 5.74) is 8.76. The number of carboxylic acid groups (broad SMARTS) is 1. The van der Waals surface area contributed by atoms with Crippen molar-refractivity contribution in [1.82, 2.24) is 4.98 Å². The van der Waals surface area contributed by atoms with Crippen LogP contribution in [0.25, 0.3) is 0 Å². The van der Waals surface area contributed by atoms with E-state index in [0.29, 0.717) is 18.5 Å². The number of aromatic nitrogens is 1. The maximum Gasteiger partial charge on any atom is 0.330 e. The molecule has 0 radical (unpaired) electrons. The SMILES string of the molecule is CCCc1ccc(CCC(CC(C)C(=O)OC(=O)[C@@H](N)Cc2ccccn2)C(=O)O)cc1. The van der Waals surface area contributed by atoms with Crippen molar-refractivity contribution in [2.45, 2.75) is 58.4 Å². The number of carbonyl (C=O) groups is 3. The molecule has 172 valence electrons. The van der Waals surface area contributed by atoms with Gasteiger partial charge in [-0.25, -0.2) is 4.79 Å². The standard InChI is InChI=1S/C25H32N2O5/c1-3-6-18-8-10-19(11-9-18)12-13-20(23(28)29)15-17(2)24(30)32-25(31)22(26)16-21-7-4-5-14-27-21/h4-5,7-11,14,17,20,22H,3,6,12-13,15-16,26H2,1-2H3,(H,28,29)/t17?,20?,22-/m0/s1. The Morgan fingerprint density at radius 2 is 1.69 bits per heavy atom. The van der Waals surface area contributed by atoms with Crippen LogP contribution in [0.4, 0.5) is 0 Å². The highest BCUT2D eigenvalue weighted by atomic mass is 16.6. The van der Waals surface area contributed by atoms with Gasteiger partial charge in [-0.15, -0.1) is 0 Å². The van der Waals surface area contributed by atoms with Crippen LogP contribution in [-0.2, 0) is 38.4 Å². The quantitative estimate of drug-likeness (QED) is 0.384. The van der Waals surface area contributed by atoms with Gasteiger partial charge in [-0.2, -0.15) is 0 Å². The lowest BCUT2D eigenvalue weighted by atomic mass is 9.90. The molecule has 0 aliphatic carbocycles. The zero-order valence-corrected chi connectivity index (χ0v) is 18.7. The maximum absolute atomic E-state index is 12.3. The lowest BCUT2D eigenvalue weighted by molar-refractivity contribution is -0.163. The summed E-state index contributed by atoms with van der Waals surface area (Å²) in [6.07, 6.45) is 4.91. The van der Waals surface area contributed by atoms with Gasteiger partial charge in [0.1, 0.15) is 6.04 Å². The van der Waals surface area contributed by atoms with Crippen LogP contribution in [0.15, 0.2) is 48.7 Å². The highest BCUT2D eigenvalue weighted by Crippen LogP contribution is 2.21. The smallest absolute Gasteiger partial charge is 0.330 e. The molecule has 0 fully saturated rings. The molecular formula is C25H32N2O5. The van der Waals surface area contributed by atoms with Crippen LogP contribution in [0.1, 0.15) is 49.9 Å². The van der Waals surface area contributed by atoms with Gasteiger partial charge in [-0.05, 0) is 48.9 Å². The number of hydrogen-bond acceptors (Lipinski definition) is 6. The minimum atomic E-state index is -1.02. The molecule has 2 rings (SSSR count). The largest absolute Gasteiger partial charge is 0.481 e. The zero-order valence-electron chi connectivity index (χ0n) is 18.7. The first-order valence-electron chi connectivity index (χ1n) is 11.0. The van der Waals surface area contributed by atoms with E-state index in [0.717, 1.165) is 18.4 Å². The topological polar surface area (TPSA) is 120 Å². The minimum Gasteiger partial charge on any atom is -0.481 e. The summed E-state index contributed by atoms with van der Waals surface area (Å²) in [5, 5.41) is 9.58. The molecule has 0 amide bonds. The summed E-state index contributed by atoms with van der Waals surface area (Å²) in [6.45, 7) is 3.69. The van der Waals surface area contributed by atoms with Crippen molar-refractivity contribution in [3.63, 3.8) is 0 Å². The lowest BCUT2D eigenvalue weighted by Crippen LogP contribution is -2.37. The van der Waals surface area contributed by atoms with Gasteiger partial charge in [0.2, 0.25) is 0 Å². The van der Waals surface area contributed by atoms with E-state index in [1.807, 2.05) is 12.1 Å². The van der Waals surface area contributed by atoms with E-state index in [9.17, 15) is 19.5 Å². The predicted octanol–water partition coefficient (Wildman–Crippen LogP) is 3.33. The Bertz CT molecular complexity index is 883. The normalized spacial score (nSPS) is 13.7. The minimum absolute atomic E-state index is 0.0881. The van der Waals surface area contributed by atoms with E-state index in [1.165, 1.54) is 5.56 Å². The first-order valence-corrected chi connectivity index (χ1v) is 11.0. The van der Waals surface area contributed by atoms with Crippen LogP contribution in [0.5, 0.6) is 0 Å². The number of rotatable bonds is 12. The highest BCUT2D eigenvalue weighted by molar-refractivity contribution is 5.89. The summed E-state index contributed by atoms with van der Waals surface area (Å²) in [6, 6.07) is 12.4.